The van der Waals surface area contributed by atoms with Crippen LogP contribution in [0.5, 0.6) is 5.88 Å². The first kappa shape index (κ1) is 20.9. The number of aromatic amines is 1. The lowest BCUT2D eigenvalue weighted by Crippen LogP contribution is -2.29. The van der Waals surface area contributed by atoms with Crippen molar-refractivity contribution in [3.63, 3.8) is 0 Å². The maximum atomic E-state index is 13.0. The van der Waals surface area contributed by atoms with E-state index in [1.165, 1.54) is 19.5 Å². The molecule has 1 aliphatic rings. The molecule has 0 bridgehead atoms. The average molecular weight is 429 g/mol. The second-order valence-electron chi connectivity index (χ2n) is 6.58. The van der Waals surface area contributed by atoms with Gasteiger partial charge in [0, 0.05) is 30.1 Å². The Morgan fingerprint density at radius 2 is 2.21 bits per heavy atom. The van der Waals surface area contributed by atoms with Crippen molar-refractivity contribution in [2.45, 2.75) is 43.2 Å². The van der Waals surface area contributed by atoms with Crippen LogP contribution in [0.3, 0.4) is 0 Å². The lowest BCUT2D eigenvalue weighted by molar-refractivity contribution is -0.177. The van der Waals surface area contributed by atoms with Crippen LogP contribution in [-0.4, -0.2) is 36.7 Å². The van der Waals surface area contributed by atoms with Crippen LogP contribution in [0.15, 0.2) is 17.3 Å². The largest absolute Gasteiger partial charge is 0.481 e. The molecule has 156 valence electrons. The molecule has 2 N–H and O–H groups in total. The van der Waals surface area contributed by atoms with Crippen LogP contribution in [0.2, 0.25) is 0 Å². The summed E-state index contributed by atoms with van der Waals surface area (Å²) in [7, 11) is -2.76. The van der Waals surface area contributed by atoms with E-state index in [2.05, 4.69) is 19.7 Å². The Balaban J connectivity index is 1.83. The van der Waals surface area contributed by atoms with Gasteiger partial charge < -0.3 is 9.72 Å². The predicted octanol–water partition coefficient (Wildman–Crippen LogP) is 2.74. The molecule has 8 nitrogen and oxygen atoms in total. The highest BCUT2D eigenvalue weighted by molar-refractivity contribution is 7.92. The number of fused-ring (bicyclic) bond motifs is 1. The Kier molecular flexibility index (Phi) is 5.70. The van der Waals surface area contributed by atoms with Crippen LogP contribution < -0.4 is 9.46 Å². The summed E-state index contributed by atoms with van der Waals surface area (Å²) in [5.41, 5.74) is 1.16. The van der Waals surface area contributed by atoms with Crippen molar-refractivity contribution >= 4 is 16.0 Å². The van der Waals surface area contributed by atoms with E-state index in [4.69, 9.17) is 10.00 Å². The van der Waals surface area contributed by atoms with Gasteiger partial charge in [-0.05, 0) is 31.2 Å². The number of nitrogens with zero attached hydrogens (tertiary/aromatic N) is 3. The van der Waals surface area contributed by atoms with Crippen LogP contribution in [-0.2, 0) is 29.3 Å². The van der Waals surface area contributed by atoms with Gasteiger partial charge in [0.05, 0.1) is 19.1 Å². The van der Waals surface area contributed by atoms with E-state index in [0.717, 1.165) is 0 Å². The van der Waals surface area contributed by atoms with E-state index in [0.29, 0.717) is 17.5 Å². The number of sulfonamides is 1. The molecule has 0 fully saturated rings. The van der Waals surface area contributed by atoms with Gasteiger partial charge in [-0.3, -0.25) is 0 Å². The van der Waals surface area contributed by atoms with Crippen molar-refractivity contribution in [3.05, 3.63) is 29.2 Å². The molecular formula is C17H18F3N5O3S. The zero-order chi connectivity index (χ0) is 21.2. The highest BCUT2D eigenvalue weighted by Crippen LogP contribution is 2.38. The van der Waals surface area contributed by atoms with Gasteiger partial charge in [-0.2, -0.15) is 23.4 Å². The smallest absolute Gasteiger partial charge is 0.392 e. The monoisotopic (exact) mass is 429 g/mol. The fourth-order valence-electron chi connectivity index (χ4n) is 3.27. The number of aromatic nitrogens is 3. The van der Waals surface area contributed by atoms with Crippen molar-refractivity contribution in [2.75, 3.05) is 11.8 Å². The Morgan fingerprint density at radius 3 is 2.86 bits per heavy atom. The number of H-pyrrole nitrogens is 1. The van der Waals surface area contributed by atoms with Gasteiger partial charge in [0.25, 0.3) is 10.0 Å². The molecular weight excluding hydrogens is 411 g/mol. The van der Waals surface area contributed by atoms with Gasteiger partial charge in [0.15, 0.2) is 0 Å². The predicted molar refractivity (Wildman–Crippen MR) is 95.7 cm³/mol. The maximum absolute atomic E-state index is 13.0. The molecule has 0 spiro atoms. The summed E-state index contributed by atoms with van der Waals surface area (Å²) in [6.07, 6.45) is -1.67. The van der Waals surface area contributed by atoms with E-state index in [1.807, 2.05) is 6.07 Å². The van der Waals surface area contributed by atoms with E-state index >= 15 is 0 Å². The number of hydrogen-bond donors (Lipinski definition) is 2. The maximum Gasteiger partial charge on any atom is 0.392 e. The summed E-state index contributed by atoms with van der Waals surface area (Å²) in [5, 5.41) is 8.67. The molecule has 0 saturated heterocycles. The molecule has 0 amide bonds. The molecule has 1 unspecified atom stereocenters. The van der Waals surface area contributed by atoms with Crippen LogP contribution in [0, 0.1) is 17.2 Å². The third kappa shape index (κ3) is 4.45. The molecule has 29 heavy (non-hydrogen) atoms. The Morgan fingerprint density at radius 1 is 1.45 bits per heavy atom. The minimum atomic E-state index is -4.32. The number of alkyl halides is 3. The lowest BCUT2D eigenvalue weighted by Gasteiger charge is -2.24. The van der Waals surface area contributed by atoms with Crippen molar-refractivity contribution in [3.8, 4) is 11.9 Å². The van der Waals surface area contributed by atoms with Crippen molar-refractivity contribution in [2.24, 2.45) is 5.92 Å². The first-order valence-corrected chi connectivity index (χ1v) is 10.2. The fourth-order valence-corrected chi connectivity index (χ4v) is 4.48. The minimum absolute atomic E-state index is 0.00344. The normalized spacial score (nSPS) is 16.7. The van der Waals surface area contributed by atoms with Gasteiger partial charge in [-0.1, -0.05) is 0 Å². The summed E-state index contributed by atoms with van der Waals surface area (Å²) in [6.45, 7) is 0. The molecule has 0 radical (unpaired) electrons. The summed E-state index contributed by atoms with van der Waals surface area (Å²) < 4.78 is 71.7. The number of hydrogen-bond acceptors (Lipinski definition) is 6. The van der Waals surface area contributed by atoms with Crippen molar-refractivity contribution in [1.82, 2.24) is 15.0 Å². The first-order chi connectivity index (χ1) is 13.7. The summed E-state index contributed by atoms with van der Waals surface area (Å²) >= 11 is 0. The molecule has 0 aromatic carbocycles. The van der Waals surface area contributed by atoms with Crippen LogP contribution in [0.25, 0.3) is 0 Å². The second kappa shape index (κ2) is 7.90. The molecule has 12 heteroatoms. The Hall–Kier alpha value is -2.81. The topological polar surface area (TPSA) is 121 Å². The second-order valence-corrected chi connectivity index (χ2v) is 8.23. The lowest BCUT2D eigenvalue weighted by atomic mass is 9.87. The molecule has 1 atom stereocenters. The zero-order valence-corrected chi connectivity index (χ0v) is 16.2. The van der Waals surface area contributed by atoms with Crippen LogP contribution >= 0.6 is 0 Å². The van der Waals surface area contributed by atoms with Gasteiger partial charge >= 0.3 is 6.18 Å². The van der Waals surface area contributed by atoms with Crippen molar-refractivity contribution < 1.29 is 26.3 Å². The molecule has 0 saturated carbocycles. The Labute approximate surface area is 165 Å². The molecule has 2 heterocycles. The van der Waals surface area contributed by atoms with Gasteiger partial charge in [0.1, 0.15) is 4.90 Å². The number of nitriles is 1. The van der Waals surface area contributed by atoms with Gasteiger partial charge in [-0.15, -0.1) is 0 Å². The highest BCUT2D eigenvalue weighted by atomic mass is 32.2. The number of methoxy groups -OCH3 is 1. The molecule has 2 aromatic rings. The number of aryl methyl sites for hydroxylation is 1. The molecule has 0 aliphatic heterocycles. The first-order valence-electron chi connectivity index (χ1n) is 8.71. The summed E-state index contributed by atoms with van der Waals surface area (Å²) in [4.78, 5) is 10.5. The van der Waals surface area contributed by atoms with E-state index in [-0.39, 0.29) is 48.1 Å². The standard InChI is InChI=1S/C17H18F3N5O3S/c1-28-15-10(3-2-6-21)8-23-16(24-15)25-29(26,27)14-9-22-13-7-11(17(18,19)20)4-5-12(13)14/h8-9,11,22H,2-5,7H2,1H3,(H,23,24,25). The third-order valence-electron chi connectivity index (χ3n) is 4.73. The number of anilines is 1. The summed E-state index contributed by atoms with van der Waals surface area (Å²) in [5.74, 6) is -1.59. The van der Waals surface area contributed by atoms with Crippen molar-refractivity contribution in [1.29, 1.82) is 5.26 Å². The fraction of sp³-hybridized carbons (Fsp3) is 0.471. The Bertz CT molecular complexity index is 1040. The quantitative estimate of drug-likeness (QED) is 0.728. The highest BCUT2D eigenvalue weighted by Gasteiger charge is 2.42. The van der Waals surface area contributed by atoms with E-state index in [9.17, 15) is 21.6 Å². The van der Waals surface area contributed by atoms with Crippen LogP contribution in [0.4, 0.5) is 19.1 Å². The number of rotatable bonds is 6. The van der Waals surface area contributed by atoms with Gasteiger partial charge in [-0.25, -0.2) is 18.1 Å². The number of ether oxygens (including phenoxy) is 1. The number of halogens is 3. The third-order valence-corrected chi connectivity index (χ3v) is 6.13. The summed E-state index contributed by atoms with van der Waals surface area (Å²) in [6, 6.07) is 1.98. The van der Waals surface area contributed by atoms with E-state index in [1.54, 1.807) is 0 Å². The molecule has 1 aliphatic carbocycles. The van der Waals surface area contributed by atoms with Gasteiger partial charge in [0.2, 0.25) is 11.8 Å². The molecule has 3 rings (SSSR count). The SMILES string of the molecule is COc1nc(NS(=O)(=O)c2c[nH]c3c2CCC(C(F)(F)F)C3)ncc1CCC#N. The molecule has 2 aromatic heterocycles. The van der Waals surface area contributed by atoms with E-state index < -0.39 is 22.1 Å². The minimum Gasteiger partial charge on any atom is -0.481 e. The van der Waals surface area contributed by atoms with Crippen LogP contribution in [0.1, 0.15) is 29.7 Å². The average Bonchev–Trinajstić information content (AvgIpc) is 3.10. The number of nitrogens with one attached hydrogen (secondary N) is 2. The zero-order valence-electron chi connectivity index (χ0n) is 15.4.